The number of hydrogen-bond donors (Lipinski definition) is 1. The molecule has 7 heteroatoms. The molecule has 3 aromatic carbocycles. The Morgan fingerprint density at radius 1 is 1.00 bits per heavy atom. The van der Waals surface area contributed by atoms with Gasteiger partial charge in [0.1, 0.15) is 5.75 Å². The average molecular weight is 408 g/mol. The minimum atomic E-state index is -3.78. The van der Waals surface area contributed by atoms with Gasteiger partial charge in [0.2, 0.25) is 0 Å². The molecule has 0 saturated carbocycles. The lowest BCUT2D eigenvalue weighted by atomic mass is 10.1. The number of sulfonamides is 1. The first-order valence-corrected chi connectivity index (χ1v) is 10.6. The van der Waals surface area contributed by atoms with E-state index in [-0.39, 0.29) is 10.8 Å². The van der Waals surface area contributed by atoms with Gasteiger partial charge in [-0.25, -0.2) is 8.42 Å². The molecule has 0 bridgehead atoms. The zero-order valence-corrected chi connectivity index (χ0v) is 16.6. The molecule has 1 aliphatic heterocycles. The molecular weight excluding hydrogens is 388 g/mol. The maximum Gasteiger partial charge on any atom is 0.261 e. The molecule has 0 aliphatic carbocycles. The van der Waals surface area contributed by atoms with Crippen LogP contribution in [0.25, 0.3) is 0 Å². The molecule has 0 radical (unpaired) electrons. The van der Waals surface area contributed by atoms with Crippen molar-refractivity contribution in [2.75, 3.05) is 23.3 Å². The molecule has 0 fully saturated rings. The number of amides is 1. The second-order valence-electron chi connectivity index (χ2n) is 6.70. The van der Waals surface area contributed by atoms with Crippen molar-refractivity contribution in [2.45, 2.75) is 11.3 Å². The zero-order valence-electron chi connectivity index (χ0n) is 15.8. The van der Waals surface area contributed by atoms with E-state index in [0.717, 1.165) is 17.7 Å². The monoisotopic (exact) mass is 408 g/mol. The van der Waals surface area contributed by atoms with Gasteiger partial charge in [-0.1, -0.05) is 24.3 Å². The molecule has 0 spiro atoms. The predicted molar refractivity (Wildman–Crippen MR) is 112 cm³/mol. The number of benzene rings is 3. The summed E-state index contributed by atoms with van der Waals surface area (Å²) in [6.45, 7) is 0.611. The maximum atomic E-state index is 13.0. The molecule has 0 aromatic heterocycles. The average Bonchev–Trinajstić information content (AvgIpc) is 3.17. The molecule has 0 atom stereocenters. The van der Waals surface area contributed by atoms with E-state index in [1.54, 1.807) is 41.3 Å². The fourth-order valence-corrected chi connectivity index (χ4v) is 4.44. The molecule has 1 aliphatic rings. The lowest BCUT2D eigenvalue weighted by Gasteiger charge is -2.18. The van der Waals surface area contributed by atoms with Crippen LogP contribution in [0, 0.1) is 0 Å². The van der Waals surface area contributed by atoms with Gasteiger partial charge in [-0.15, -0.1) is 0 Å². The predicted octanol–water partition coefficient (Wildman–Crippen LogP) is 3.70. The third-order valence-electron chi connectivity index (χ3n) is 4.86. The van der Waals surface area contributed by atoms with E-state index in [4.69, 9.17) is 4.74 Å². The summed E-state index contributed by atoms with van der Waals surface area (Å²) >= 11 is 0. The van der Waals surface area contributed by atoms with Gasteiger partial charge < -0.3 is 9.64 Å². The van der Waals surface area contributed by atoms with Crippen LogP contribution in [0.4, 0.5) is 11.4 Å². The van der Waals surface area contributed by atoms with Crippen molar-refractivity contribution < 1.29 is 17.9 Å². The number of methoxy groups -OCH3 is 1. The quantitative estimate of drug-likeness (QED) is 0.699. The fraction of sp³-hybridized carbons (Fsp3) is 0.136. The number of nitrogens with zero attached hydrogens (tertiary/aromatic N) is 1. The lowest BCUT2D eigenvalue weighted by Crippen LogP contribution is -2.28. The van der Waals surface area contributed by atoms with Gasteiger partial charge in [-0.05, 0) is 60.5 Å². The van der Waals surface area contributed by atoms with Crippen molar-refractivity contribution in [2.24, 2.45) is 0 Å². The van der Waals surface area contributed by atoms with Gasteiger partial charge in [0.05, 0.1) is 12.0 Å². The number of nitrogens with one attached hydrogen (secondary N) is 1. The van der Waals surface area contributed by atoms with Gasteiger partial charge in [0.15, 0.2) is 0 Å². The van der Waals surface area contributed by atoms with Crippen molar-refractivity contribution in [1.29, 1.82) is 0 Å². The lowest BCUT2D eigenvalue weighted by molar-refractivity contribution is 0.0989. The summed E-state index contributed by atoms with van der Waals surface area (Å²) in [5, 5.41) is 0. The highest BCUT2D eigenvalue weighted by molar-refractivity contribution is 7.92. The summed E-state index contributed by atoms with van der Waals surface area (Å²) in [5.74, 6) is 0.419. The van der Waals surface area contributed by atoms with Gasteiger partial charge in [-0.3, -0.25) is 9.52 Å². The molecule has 1 amide bonds. The molecule has 0 unspecified atom stereocenters. The summed E-state index contributed by atoms with van der Waals surface area (Å²) in [4.78, 5) is 14.8. The second-order valence-corrected chi connectivity index (χ2v) is 8.38. The zero-order chi connectivity index (χ0) is 20.4. The highest BCUT2D eigenvalue weighted by Crippen LogP contribution is 2.29. The summed E-state index contributed by atoms with van der Waals surface area (Å²) in [5.41, 5.74) is 2.80. The van der Waals surface area contributed by atoms with Crippen LogP contribution in [-0.2, 0) is 16.4 Å². The number of carbonyl (C=O) groups excluding carboxylic acids is 1. The fourth-order valence-electron chi connectivity index (χ4n) is 3.39. The van der Waals surface area contributed by atoms with Crippen LogP contribution in [0.3, 0.4) is 0 Å². The summed E-state index contributed by atoms with van der Waals surface area (Å²) < 4.78 is 32.9. The smallest absolute Gasteiger partial charge is 0.261 e. The number of carbonyl (C=O) groups is 1. The topological polar surface area (TPSA) is 75.7 Å². The molecule has 148 valence electrons. The number of rotatable bonds is 5. The Hall–Kier alpha value is -3.32. The van der Waals surface area contributed by atoms with Crippen molar-refractivity contribution in [3.05, 3.63) is 83.9 Å². The first kappa shape index (κ1) is 19.0. The van der Waals surface area contributed by atoms with Crippen LogP contribution < -0.4 is 14.4 Å². The van der Waals surface area contributed by atoms with E-state index >= 15 is 0 Å². The highest BCUT2D eigenvalue weighted by atomic mass is 32.2. The van der Waals surface area contributed by atoms with Gasteiger partial charge in [0, 0.05) is 23.5 Å². The standard InChI is InChI=1S/C22H20N2O4S/c1-28-19-9-11-20(12-10-19)29(26,27)23-18-7-4-6-17(15-18)22(25)24-14-13-16-5-2-3-8-21(16)24/h2-12,15,23H,13-14H2,1H3. The summed E-state index contributed by atoms with van der Waals surface area (Å²) in [7, 11) is -2.26. The Bertz CT molecular complexity index is 1160. The van der Waals surface area contributed by atoms with E-state index in [0.29, 0.717) is 23.5 Å². The van der Waals surface area contributed by atoms with Crippen LogP contribution in [0.1, 0.15) is 15.9 Å². The molecular formula is C22H20N2O4S. The van der Waals surface area contributed by atoms with E-state index in [9.17, 15) is 13.2 Å². The third-order valence-corrected chi connectivity index (χ3v) is 6.26. The number of fused-ring (bicyclic) bond motifs is 1. The van der Waals surface area contributed by atoms with Crippen molar-refractivity contribution in [1.82, 2.24) is 0 Å². The number of hydrogen-bond acceptors (Lipinski definition) is 4. The van der Waals surface area contributed by atoms with Gasteiger partial charge >= 0.3 is 0 Å². The third kappa shape index (κ3) is 3.82. The van der Waals surface area contributed by atoms with E-state index in [2.05, 4.69) is 4.72 Å². The van der Waals surface area contributed by atoms with E-state index < -0.39 is 10.0 Å². The minimum Gasteiger partial charge on any atom is -0.497 e. The van der Waals surface area contributed by atoms with Crippen LogP contribution in [0.2, 0.25) is 0 Å². The van der Waals surface area contributed by atoms with E-state index in [1.165, 1.54) is 19.2 Å². The Morgan fingerprint density at radius 2 is 1.76 bits per heavy atom. The Morgan fingerprint density at radius 3 is 2.52 bits per heavy atom. The molecule has 0 saturated heterocycles. The molecule has 6 nitrogen and oxygen atoms in total. The number of ether oxygens (including phenoxy) is 1. The molecule has 1 N–H and O–H groups in total. The highest BCUT2D eigenvalue weighted by Gasteiger charge is 2.25. The van der Waals surface area contributed by atoms with Crippen molar-refractivity contribution in [3.63, 3.8) is 0 Å². The second kappa shape index (κ2) is 7.60. The van der Waals surface area contributed by atoms with E-state index in [1.807, 2.05) is 24.3 Å². The van der Waals surface area contributed by atoms with Crippen LogP contribution in [-0.4, -0.2) is 28.0 Å². The van der Waals surface area contributed by atoms with Crippen molar-refractivity contribution >= 4 is 27.3 Å². The first-order chi connectivity index (χ1) is 14.0. The SMILES string of the molecule is COc1ccc(S(=O)(=O)Nc2cccc(C(=O)N3CCc4ccccc43)c2)cc1. The molecule has 29 heavy (non-hydrogen) atoms. The summed E-state index contributed by atoms with van der Waals surface area (Å²) in [6.07, 6.45) is 0.811. The summed E-state index contributed by atoms with van der Waals surface area (Å²) in [6, 6.07) is 20.5. The minimum absolute atomic E-state index is 0.114. The molecule has 1 heterocycles. The molecule has 3 aromatic rings. The van der Waals surface area contributed by atoms with Gasteiger partial charge in [0.25, 0.3) is 15.9 Å². The van der Waals surface area contributed by atoms with Crippen LogP contribution in [0.15, 0.2) is 77.7 Å². The number of para-hydroxylation sites is 1. The Balaban J connectivity index is 1.56. The van der Waals surface area contributed by atoms with Gasteiger partial charge in [-0.2, -0.15) is 0 Å². The van der Waals surface area contributed by atoms with Crippen LogP contribution >= 0.6 is 0 Å². The van der Waals surface area contributed by atoms with Crippen LogP contribution in [0.5, 0.6) is 5.75 Å². The molecule has 4 rings (SSSR count). The normalized spacial score (nSPS) is 13.1. The number of anilines is 2. The maximum absolute atomic E-state index is 13.0. The van der Waals surface area contributed by atoms with Crippen molar-refractivity contribution in [3.8, 4) is 5.75 Å². The Kier molecular flexibility index (Phi) is 4.98. The largest absolute Gasteiger partial charge is 0.497 e. The Labute approximate surface area is 169 Å². The first-order valence-electron chi connectivity index (χ1n) is 9.15.